The molecule has 0 aromatic heterocycles. The third kappa shape index (κ3) is 3.18. The number of nitrogens with two attached hydrogens (primary N) is 3. The highest BCUT2D eigenvalue weighted by Gasteiger charge is 2.21. The normalized spacial score (nSPS) is 11.9. The summed E-state index contributed by atoms with van der Waals surface area (Å²) >= 11 is 0. The number of carbonyl (C=O) groups excluding carboxylic acids is 2. The maximum atomic E-state index is 11.9. The molecule has 17 heavy (non-hydrogen) atoms. The molecule has 1 unspecified atom stereocenters. The van der Waals surface area contributed by atoms with Crippen molar-refractivity contribution in [1.29, 1.82) is 0 Å². The van der Waals surface area contributed by atoms with Crippen LogP contribution in [0.1, 0.15) is 16.8 Å². The first-order valence-electron chi connectivity index (χ1n) is 4.97. The van der Waals surface area contributed by atoms with Crippen molar-refractivity contribution in [3.05, 3.63) is 23.8 Å². The monoisotopic (exact) mass is 237 g/mol. The van der Waals surface area contributed by atoms with E-state index in [2.05, 4.69) is 0 Å². The summed E-state index contributed by atoms with van der Waals surface area (Å²) in [6.07, 6.45) is -0.212. The fourth-order valence-electron chi connectivity index (χ4n) is 1.43. The predicted molar refractivity (Wildman–Crippen MR) is 63.5 cm³/mol. The summed E-state index contributed by atoms with van der Waals surface area (Å²) in [5.74, 6) is -0.689. The van der Waals surface area contributed by atoms with Gasteiger partial charge in [0.25, 0.3) is 0 Å². The second-order valence-electron chi connectivity index (χ2n) is 3.60. The second-order valence-corrected chi connectivity index (χ2v) is 3.60. The van der Waals surface area contributed by atoms with Gasteiger partial charge in [-0.1, -0.05) is 0 Å². The molecular formula is C11H15N3O3. The first kappa shape index (κ1) is 13.0. The molecule has 1 amide bonds. The van der Waals surface area contributed by atoms with Crippen molar-refractivity contribution in [2.24, 2.45) is 11.5 Å². The zero-order chi connectivity index (χ0) is 13.0. The van der Waals surface area contributed by atoms with E-state index in [0.29, 0.717) is 11.4 Å². The standard InChI is InChI=1S/C11H15N3O3/c1-17-9-3-2-6(12)4-7(9)11(16)8(13)5-10(14)15/h2-4,8H,5,12-13H2,1H3,(H2,14,15). The number of Topliss-reactive ketones (excluding diaryl/α,β-unsaturated/α-hetero) is 1. The molecule has 6 nitrogen and oxygen atoms in total. The quantitative estimate of drug-likeness (QED) is 0.478. The molecule has 0 spiro atoms. The van der Waals surface area contributed by atoms with Crippen molar-refractivity contribution in [3.63, 3.8) is 0 Å². The minimum Gasteiger partial charge on any atom is -0.496 e. The van der Waals surface area contributed by atoms with E-state index < -0.39 is 17.7 Å². The van der Waals surface area contributed by atoms with Crippen LogP contribution in [0.2, 0.25) is 0 Å². The first-order valence-corrected chi connectivity index (χ1v) is 4.97. The number of nitrogen functional groups attached to an aromatic ring is 1. The number of anilines is 1. The molecule has 1 rings (SSSR count). The average molecular weight is 237 g/mol. The predicted octanol–water partition coefficient (Wildman–Crippen LogP) is -0.337. The van der Waals surface area contributed by atoms with E-state index in [1.807, 2.05) is 0 Å². The fraction of sp³-hybridized carbons (Fsp3) is 0.273. The summed E-state index contributed by atoms with van der Waals surface area (Å²) in [5, 5.41) is 0. The van der Waals surface area contributed by atoms with Crippen molar-refractivity contribution in [2.45, 2.75) is 12.5 Å². The van der Waals surface area contributed by atoms with Crippen LogP contribution in [0.4, 0.5) is 5.69 Å². The molecule has 0 bridgehead atoms. The molecule has 0 radical (unpaired) electrons. The Hall–Kier alpha value is -2.08. The van der Waals surface area contributed by atoms with Gasteiger partial charge in [-0.25, -0.2) is 0 Å². The number of ether oxygens (including phenoxy) is 1. The zero-order valence-corrected chi connectivity index (χ0v) is 9.47. The summed E-state index contributed by atoms with van der Waals surface area (Å²) in [6, 6.07) is 3.65. The minimum atomic E-state index is -0.983. The Morgan fingerprint density at radius 2 is 2.06 bits per heavy atom. The van der Waals surface area contributed by atoms with E-state index in [1.54, 1.807) is 12.1 Å². The van der Waals surface area contributed by atoms with Crippen LogP contribution in [0.3, 0.4) is 0 Å². The van der Waals surface area contributed by atoms with Crippen LogP contribution in [0, 0.1) is 0 Å². The molecule has 0 heterocycles. The van der Waals surface area contributed by atoms with E-state index in [4.69, 9.17) is 21.9 Å². The van der Waals surface area contributed by atoms with Crippen molar-refractivity contribution < 1.29 is 14.3 Å². The van der Waals surface area contributed by atoms with Gasteiger partial charge in [0.2, 0.25) is 5.91 Å². The molecule has 0 aliphatic heterocycles. The van der Waals surface area contributed by atoms with Crippen molar-refractivity contribution in [2.75, 3.05) is 12.8 Å². The third-order valence-electron chi connectivity index (χ3n) is 2.25. The minimum absolute atomic E-state index is 0.212. The number of hydrogen-bond acceptors (Lipinski definition) is 5. The van der Waals surface area contributed by atoms with Gasteiger partial charge >= 0.3 is 0 Å². The van der Waals surface area contributed by atoms with E-state index in [1.165, 1.54) is 13.2 Å². The van der Waals surface area contributed by atoms with Crippen molar-refractivity contribution >= 4 is 17.4 Å². The number of rotatable bonds is 5. The number of ketones is 1. The first-order chi connectivity index (χ1) is 7.95. The third-order valence-corrected chi connectivity index (χ3v) is 2.25. The van der Waals surface area contributed by atoms with Gasteiger partial charge in [0.05, 0.1) is 18.7 Å². The summed E-state index contributed by atoms with van der Waals surface area (Å²) in [7, 11) is 1.43. The maximum absolute atomic E-state index is 11.9. The van der Waals surface area contributed by atoms with Gasteiger partial charge in [-0.3, -0.25) is 9.59 Å². The lowest BCUT2D eigenvalue weighted by molar-refractivity contribution is -0.118. The van der Waals surface area contributed by atoms with E-state index in [9.17, 15) is 9.59 Å². The van der Waals surface area contributed by atoms with Gasteiger partial charge < -0.3 is 21.9 Å². The molecule has 1 aromatic rings. The van der Waals surface area contributed by atoms with Gasteiger partial charge in [0.15, 0.2) is 5.78 Å². The Morgan fingerprint density at radius 1 is 1.41 bits per heavy atom. The van der Waals surface area contributed by atoms with E-state index >= 15 is 0 Å². The summed E-state index contributed by atoms with van der Waals surface area (Å²) < 4.78 is 5.03. The molecule has 0 saturated heterocycles. The van der Waals surface area contributed by atoms with Gasteiger partial charge in [-0.15, -0.1) is 0 Å². The number of carbonyl (C=O) groups is 2. The lowest BCUT2D eigenvalue weighted by Crippen LogP contribution is -2.35. The SMILES string of the molecule is COc1ccc(N)cc1C(=O)C(N)CC(N)=O. The molecule has 0 aliphatic rings. The van der Waals surface area contributed by atoms with Crippen molar-refractivity contribution in [1.82, 2.24) is 0 Å². The second kappa shape index (κ2) is 5.31. The van der Waals surface area contributed by atoms with Crippen LogP contribution in [0.25, 0.3) is 0 Å². The van der Waals surface area contributed by atoms with Crippen molar-refractivity contribution in [3.8, 4) is 5.75 Å². The number of primary amides is 1. The fourth-order valence-corrected chi connectivity index (χ4v) is 1.43. The summed E-state index contributed by atoms with van der Waals surface area (Å²) in [5.41, 5.74) is 16.8. The molecule has 6 heteroatoms. The Balaban J connectivity index is 3.02. The molecule has 6 N–H and O–H groups in total. The highest BCUT2D eigenvalue weighted by Crippen LogP contribution is 2.22. The molecule has 0 saturated carbocycles. The lowest BCUT2D eigenvalue weighted by atomic mass is 10.0. The van der Waals surface area contributed by atoms with Crippen LogP contribution in [-0.2, 0) is 4.79 Å². The van der Waals surface area contributed by atoms with Gasteiger partial charge in [0.1, 0.15) is 5.75 Å². The van der Waals surface area contributed by atoms with E-state index in [0.717, 1.165) is 0 Å². The van der Waals surface area contributed by atoms with Gasteiger partial charge in [0, 0.05) is 12.1 Å². The molecule has 1 aromatic carbocycles. The Bertz CT molecular complexity index is 446. The van der Waals surface area contributed by atoms with Crippen LogP contribution < -0.4 is 21.9 Å². The Labute approximate surface area is 98.7 Å². The van der Waals surface area contributed by atoms with Crippen LogP contribution in [0.5, 0.6) is 5.75 Å². The topological polar surface area (TPSA) is 121 Å². The summed E-state index contributed by atoms with van der Waals surface area (Å²) in [6.45, 7) is 0. The number of amides is 1. The molecule has 0 aliphatic carbocycles. The summed E-state index contributed by atoms with van der Waals surface area (Å²) in [4.78, 5) is 22.6. The molecular weight excluding hydrogens is 222 g/mol. The lowest BCUT2D eigenvalue weighted by Gasteiger charge is -2.12. The highest BCUT2D eigenvalue weighted by molar-refractivity contribution is 6.04. The highest BCUT2D eigenvalue weighted by atomic mass is 16.5. The van der Waals surface area contributed by atoms with Crippen LogP contribution >= 0.6 is 0 Å². The van der Waals surface area contributed by atoms with Crippen LogP contribution in [0.15, 0.2) is 18.2 Å². The number of benzene rings is 1. The largest absolute Gasteiger partial charge is 0.496 e. The van der Waals surface area contributed by atoms with Gasteiger partial charge in [-0.05, 0) is 18.2 Å². The van der Waals surface area contributed by atoms with Gasteiger partial charge in [-0.2, -0.15) is 0 Å². The molecule has 1 atom stereocenters. The maximum Gasteiger partial charge on any atom is 0.219 e. The Kier molecular flexibility index (Phi) is 4.06. The average Bonchev–Trinajstić information content (AvgIpc) is 2.27. The van der Waals surface area contributed by atoms with Crippen LogP contribution in [-0.4, -0.2) is 24.8 Å². The Morgan fingerprint density at radius 3 is 2.59 bits per heavy atom. The smallest absolute Gasteiger partial charge is 0.219 e. The number of hydrogen-bond donors (Lipinski definition) is 3. The number of methoxy groups -OCH3 is 1. The zero-order valence-electron chi connectivity index (χ0n) is 9.47. The van der Waals surface area contributed by atoms with E-state index in [-0.39, 0.29) is 12.0 Å². The molecule has 0 fully saturated rings. The molecule has 92 valence electrons.